The Balaban J connectivity index is 2.44. The van der Waals surface area contributed by atoms with Gasteiger partial charge < -0.3 is 5.73 Å². The van der Waals surface area contributed by atoms with Gasteiger partial charge >= 0.3 is 6.18 Å². The Hall–Kier alpha value is -1.61. The van der Waals surface area contributed by atoms with Gasteiger partial charge in [-0.05, 0) is 44.4 Å². The first-order valence-corrected chi connectivity index (χ1v) is 8.87. The highest BCUT2D eigenvalue weighted by atomic mass is 32.2. The number of rotatable bonds is 3. The number of sulfonamides is 1. The zero-order valence-electron chi connectivity index (χ0n) is 13.3. The van der Waals surface area contributed by atoms with E-state index in [1.54, 1.807) is 6.92 Å². The topological polar surface area (TPSA) is 80.5 Å². The monoisotopic (exact) mass is 364 g/mol. The lowest BCUT2D eigenvalue weighted by atomic mass is 9.95. The van der Waals surface area contributed by atoms with Gasteiger partial charge in [0.25, 0.3) is 0 Å². The molecule has 1 amide bonds. The van der Waals surface area contributed by atoms with E-state index in [0.29, 0.717) is 18.9 Å². The quantitative estimate of drug-likeness (QED) is 0.894. The van der Waals surface area contributed by atoms with Crippen molar-refractivity contribution in [3.63, 3.8) is 0 Å². The zero-order chi connectivity index (χ0) is 18.3. The number of amides is 1. The van der Waals surface area contributed by atoms with Gasteiger partial charge in [0, 0.05) is 12.6 Å². The van der Waals surface area contributed by atoms with E-state index in [2.05, 4.69) is 0 Å². The van der Waals surface area contributed by atoms with Crippen molar-refractivity contribution in [3.05, 3.63) is 29.3 Å². The highest BCUT2D eigenvalue weighted by molar-refractivity contribution is 7.89. The molecule has 2 N–H and O–H groups in total. The summed E-state index contributed by atoms with van der Waals surface area (Å²) in [5.74, 6) is -1.24. The van der Waals surface area contributed by atoms with Crippen LogP contribution in [-0.2, 0) is 21.0 Å². The van der Waals surface area contributed by atoms with Crippen LogP contribution >= 0.6 is 0 Å². The third-order valence-electron chi connectivity index (χ3n) is 4.35. The summed E-state index contributed by atoms with van der Waals surface area (Å²) >= 11 is 0. The van der Waals surface area contributed by atoms with Gasteiger partial charge in [0.15, 0.2) is 0 Å². The van der Waals surface area contributed by atoms with Gasteiger partial charge in [0.1, 0.15) is 0 Å². The van der Waals surface area contributed by atoms with E-state index < -0.39 is 44.5 Å². The Morgan fingerprint density at radius 1 is 1.29 bits per heavy atom. The molecule has 24 heavy (non-hydrogen) atoms. The molecule has 0 unspecified atom stereocenters. The van der Waals surface area contributed by atoms with E-state index in [4.69, 9.17) is 5.73 Å². The third-order valence-corrected chi connectivity index (χ3v) is 6.32. The molecule has 0 radical (unpaired) electrons. The number of alkyl halides is 3. The maximum atomic E-state index is 13.0. The van der Waals surface area contributed by atoms with Crippen molar-refractivity contribution in [1.29, 1.82) is 0 Å². The minimum atomic E-state index is -4.64. The molecule has 1 saturated heterocycles. The second-order valence-corrected chi connectivity index (χ2v) is 7.97. The van der Waals surface area contributed by atoms with Crippen LogP contribution in [0.5, 0.6) is 0 Å². The Labute approximate surface area is 138 Å². The molecule has 1 aliphatic heterocycles. The molecule has 1 heterocycles. The molecule has 1 aliphatic rings. The second-order valence-electron chi connectivity index (χ2n) is 6.07. The molecule has 5 nitrogen and oxygen atoms in total. The minimum absolute atomic E-state index is 0.0526. The number of carbonyl (C=O) groups is 1. The number of piperidine rings is 1. The molecular weight excluding hydrogens is 345 g/mol. The van der Waals surface area contributed by atoms with E-state index in [-0.39, 0.29) is 12.1 Å². The molecule has 0 spiro atoms. The largest absolute Gasteiger partial charge is 0.416 e. The smallest absolute Gasteiger partial charge is 0.369 e. The highest BCUT2D eigenvalue weighted by Gasteiger charge is 2.39. The van der Waals surface area contributed by atoms with E-state index in [9.17, 15) is 26.4 Å². The van der Waals surface area contributed by atoms with Crippen LogP contribution in [0.3, 0.4) is 0 Å². The number of carbonyl (C=O) groups excluding carboxylic acids is 1. The molecule has 2 rings (SSSR count). The lowest BCUT2D eigenvalue weighted by Crippen LogP contribution is -2.48. The Morgan fingerprint density at radius 2 is 1.92 bits per heavy atom. The Kier molecular flexibility index (Phi) is 4.96. The predicted octanol–water partition coefficient (Wildman–Crippen LogP) is 2.29. The van der Waals surface area contributed by atoms with Crippen molar-refractivity contribution in [3.8, 4) is 0 Å². The van der Waals surface area contributed by atoms with E-state index in [0.717, 1.165) is 16.4 Å². The van der Waals surface area contributed by atoms with E-state index in [1.807, 2.05) is 0 Å². The Morgan fingerprint density at radius 3 is 2.46 bits per heavy atom. The number of benzene rings is 1. The van der Waals surface area contributed by atoms with Crippen molar-refractivity contribution in [1.82, 2.24) is 4.31 Å². The van der Waals surface area contributed by atoms with Gasteiger partial charge in [0.2, 0.25) is 15.9 Å². The summed E-state index contributed by atoms with van der Waals surface area (Å²) in [4.78, 5) is 10.9. The summed E-state index contributed by atoms with van der Waals surface area (Å²) < 4.78 is 65.7. The number of hydrogen-bond donors (Lipinski definition) is 1. The van der Waals surface area contributed by atoms with Gasteiger partial charge in [0.05, 0.1) is 16.4 Å². The average Bonchev–Trinajstić information content (AvgIpc) is 2.46. The van der Waals surface area contributed by atoms with Crippen LogP contribution in [0, 0.1) is 12.8 Å². The second kappa shape index (κ2) is 6.36. The lowest BCUT2D eigenvalue weighted by molar-refractivity contribution is -0.138. The van der Waals surface area contributed by atoms with Crippen LogP contribution in [0.15, 0.2) is 23.1 Å². The van der Waals surface area contributed by atoms with Crippen LogP contribution < -0.4 is 5.73 Å². The molecule has 0 bridgehead atoms. The summed E-state index contributed by atoms with van der Waals surface area (Å²) in [6, 6.07) is 2.52. The number of hydrogen-bond acceptors (Lipinski definition) is 3. The number of nitrogens with two attached hydrogens (primary N) is 1. The van der Waals surface area contributed by atoms with E-state index in [1.165, 1.54) is 6.92 Å². The van der Waals surface area contributed by atoms with Gasteiger partial charge in [-0.3, -0.25) is 4.79 Å². The SMILES string of the molecule is Cc1ccc(S(=O)(=O)N2C[C@@H](C(N)=O)CC[C@H]2C)cc1C(F)(F)F. The fraction of sp³-hybridized carbons (Fsp3) is 0.533. The van der Waals surface area contributed by atoms with E-state index >= 15 is 0 Å². The fourth-order valence-electron chi connectivity index (χ4n) is 2.84. The van der Waals surface area contributed by atoms with Crippen LogP contribution in [0.2, 0.25) is 0 Å². The molecule has 0 saturated carbocycles. The zero-order valence-corrected chi connectivity index (χ0v) is 14.1. The predicted molar refractivity (Wildman–Crippen MR) is 81.5 cm³/mol. The van der Waals surface area contributed by atoms with Gasteiger partial charge in [-0.1, -0.05) is 6.07 Å². The first-order chi connectivity index (χ1) is 10.9. The number of aryl methyl sites for hydroxylation is 1. The molecule has 9 heteroatoms. The van der Waals surface area contributed by atoms with Crippen LogP contribution in [-0.4, -0.2) is 31.2 Å². The summed E-state index contributed by atoms with van der Waals surface area (Å²) in [7, 11) is -4.15. The molecular formula is C15H19F3N2O3S. The third kappa shape index (κ3) is 3.56. The molecule has 134 valence electrons. The number of halogens is 3. The minimum Gasteiger partial charge on any atom is -0.369 e. The van der Waals surface area contributed by atoms with Crippen molar-refractivity contribution >= 4 is 15.9 Å². The molecule has 1 fully saturated rings. The summed E-state index contributed by atoms with van der Waals surface area (Å²) in [6.45, 7) is 2.81. The summed E-state index contributed by atoms with van der Waals surface area (Å²) in [5, 5.41) is 0. The summed E-state index contributed by atoms with van der Waals surface area (Å²) in [5.41, 5.74) is 4.21. The summed E-state index contributed by atoms with van der Waals surface area (Å²) in [6.07, 6.45) is -3.76. The van der Waals surface area contributed by atoms with Crippen molar-refractivity contribution in [2.24, 2.45) is 11.7 Å². The molecule has 2 atom stereocenters. The normalized spacial score (nSPS) is 23.2. The maximum Gasteiger partial charge on any atom is 0.416 e. The van der Waals surface area contributed by atoms with Crippen LogP contribution in [0.4, 0.5) is 13.2 Å². The van der Waals surface area contributed by atoms with Gasteiger partial charge in [-0.25, -0.2) is 8.42 Å². The van der Waals surface area contributed by atoms with Crippen molar-refractivity contribution in [2.45, 2.75) is 43.8 Å². The van der Waals surface area contributed by atoms with Crippen LogP contribution in [0.25, 0.3) is 0 Å². The average molecular weight is 364 g/mol. The number of nitrogens with zero attached hydrogens (tertiary/aromatic N) is 1. The highest BCUT2D eigenvalue weighted by Crippen LogP contribution is 2.35. The fourth-order valence-corrected chi connectivity index (χ4v) is 4.58. The Bertz CT molecular complexity index is 747. The molecule has 1 aromatic rings. The molecule has 0 aromatic heterocycles. The van der Waals surface area contributed by atoms with Crippen molar-refractivity contribution < 1.29 is 26.4 Å². The molecule has 0 aliphatic carbocycles. The first-order valence-electron chi connectivity index (χ1n) is 7.43. The van der Waals surface area contributed by atoms with Crippen LogP contribution in [0.1, 0.15) is 30.9 Å². The van der Waals surface area contributed by atoms with Crippen molar-refractivity contribution in [2.75, 3.05) is 6.54 Å². The number of primary amides is 1. The first kappa shape index (κ1) is 18.7. The maximum absolute atomic E-state index is 13.0. The van der Waals surface area contributed by atoms with Gasteiger partial charge in [-0.15, -0.1) is 0 Å². The molecule has 1 aromatic carbocycles. The lowest BCUT2D eigenvalue weighted by Gasteiger charge is -2.35. The standard InChI is InChI=1S/C15H19F3N2O3S/c1-9-3-6-12(7-13(9)15(16,17)18)24(22,23)20-8-11(14(19)21)5-4-10(20)2/h3,6-7,10-11H,4-5,8H2,1-2H3,(H2,19,21)/t10-,11+/m1/s1. The van der Waals surface area contributed by atoms with Gasteiger partial charge in [-0.2, -0.15) is 17.5 Å².